The fourth-order valence-electron chi connectivity index (χ4n) is 3.26. The zero-order valence-corrected chi connectivity index (χ0v) is 19.4. The van der Waals surface area contributed by atoms with Gasteiger partial charge in [0.1, 0.15) is 6.04 Å². The van der Waals surface area contributed by atoms with Gasteiger partial charge in [-0.25, -0.2) is 0 Å². The Morgan fingerprint density at radius 2 is 1.67 bits per heavy atom. The van der Waals surface area contributed by atoms with Crippen LogP contribution in [0.1, 0.15) is 49.8 Å². The van der Waals surface area contributed by atoms with Gasteiger partial charge in [-0.15, -0.1) is 0 Å². The Bertz CT molecular complexity index is 833. The summed E-state index contributed by atoms with van der Waals surface area (Å²) in [5, 5.41) is 3.92. The third-order valence-corrected chi connectivity index (χ3v) is 5.79. The highest BCUT2D eigenvalue weighted by Gasteiger charge is 2.29. The van der Waals surface area contributed by atoms with Gasteiger partial charge in [0.2, 0.25) is 11.8 Å². The summed E-state index contributed by atoms with van der Waals surface area (Å²) in [4.78, 5) is 27.8. The standard InChI is InChI=1S/C24H30Cl2N2O2/c1-4-6-14-27-24(30)22(5-2)28(16-19-20(25)8-7-9-21(19)26)23(29)15-18-12-10-17(3)11-13-18/h7-13,22H,4-6,14-16H2,1-3H3,(H,27,30)/t22-/m1/s1. The molecule has 0 saturated heterocycles. The zero-order valence-electron chi connectivity index (χ0n) is 17.9. The molecule has 1 atom stereocenters. The number of benzene rings is 2. The highest BCUT2D eigenvalue weighted by Crippen LogP contribution is 2.27. The minimum atomic E-state index is -0.591. The minimum Gasteiger partial charge on any atom is -0.354 e. The van der Waals surface area contributed by atoms with Crippen LogP contribution in [0.2, 0.25) is 10.0 Å². The molecule has 0 bridgehead atoms. The molecule has 0 unspecified atom stereocenters. The van der Waals surface area contributed by atoms with Gasteiger partial charge in [0.25, 0.3) is 0 Å². The van der Waals surface area contributed by atoms with Gasteiger partial charge in [-0.05, 0) is 37.5 Å². The normalized spacial score (nSPS) is 11.8. The van der Waals surface area contributed by atoms with Gasteiger partial charge in [-0.1, -0.05) is 79.4 Å². The molecule has 6 heteroatoms. The first-order valence-corrected chi connectivity index (χ1v) is 11.2. The van der Waals surface area contributed by atoms with E-state index < -0.39 is 6.04 Å². The van der Waals surface area contributed by atoms with Crippen molar-refractivity contribution < 1.29 is 9.59 Å². The average Bonchev–Trinajstić information content (AvgIpc) is 2.71. The third kappa shape index (κ3) is 6.75. The number of hydrogen-bond acceptors (Lipinski definition) is 2. The first-order valence-electron chi connectivity index (χ1n) is 10.4. The van der Waals surface area contributed by atoms with Crippen LogP contribution < -0.4 is 5.32 Å². The summed E-state index contributed by atoms with van der Waals surface area (Å²) in [6.45, 7) is 6.76. The molecule has 0 fully saturated rings. The van der Waals surface area contributed by atoms with E-state index in [9.17, 15) is 9.59 Å². The van der Waals surface area contributed by atoms with E-state index in [2.05, 4.69) is 12.2 Å². The number of rotatable bonds is 10. The SMILES string of the molecule is CCCCNC(=O)[C@@H](CC)N(Cc1c(Cl)cccc1Cl)C(=O)Cc1ccc(C)cc1. The lowest BCUT2D eigenvalue weighted by molar-refractivity contribution is -0.140. The predicted molar refractivity (Wildman–Crippen MR) is 124 cm³/mol. The first kappa shape index (κ1) is 24.2. The third-order valence-electron chi connectivity index (χ3n) is 5.08. The van der Waals surface area contributed by atoms with Gasteiger partial charge >= 0.3 is 0 Å². The second-order valence-corrected chi connectivity index (χ2v) is 8.27. The largest absolute Gasteiger partial charge is 0.354 e. The molecule has 0 heterocycles. The Labute approximate surface area is 189 Å². The number of unbranched alkanes of at least 4 members (excludes halogenated alkanes) is 1. The Balaban J connectivity index is 2.30. The van der Waals surface area contributed by atoms with Gasteiger partial charge in [0.05, 0.1) is 6.42 Å². The maximum absolute atomic E-state index is 13.3. The molecule has 30 heavy (non-hydrogen) atoms. The van der Waals surface area contributed by atoms with E-state index >= 15 is 0 Å². The van der Waals surface area contributed by atoms with Crippen LogP contribution in [0.4, 0.5) is 0 Å². The molecular formula is C24H30Cl2N2O2. The summed E-state index contributed by atoms with van der Waals surface area (Å²) in [6, 6.07) is 12.5. The van der Waals surface area contributed by atoms with Crippen molar-refractivity contribution in [3.05, 3.63) is 69.2 Å². The van der Waals surface area contributed by atoms with Crippen LogP contribution in [0, 0.1) is 6.92 Å². The number of carbonyl (C=O) groups excluding carboxylic acids is 2. The maximum Gasteiger partial charge on any atom is 0.242 e. The van der Waals surface area contributed by atoms with Crippen molar-refractivity contribution in [2.75, 3.05) is 6.54 Å². The lowest BCUT2D eigenvalue weighted by Gasteiger charge is -2.31. The Morgan fingerprint density at radius 1 is 1.03 bits per heavy atom. The topological polar surface area (TPSA) is 49.4 Å². The monoisotopic (exact) mass is 448 g/mol. The second kappa shape index (κ2) is 12.0. The van der Waals surface area contributed by atoms with Crippen molar-refractivity contribution in [1.82, 2.24) is 10.2 Å². The van der Waals surface area contributed by atoms with E-state index in [1.165, 1.54) is 0 Å². The van der Waals surface area contributed by atoms with Gasteiger partial charge in [0.15, 0.2) is 0 Å². The van der Waals surface area contributed by atoms with Crippen molar-refractivity contribution in [1.29, 1.82) is 0 Å². The van der Waals surface area contributed by atoms with E-state index in [4.69, 9.17) is 23.2 Å². The molecule has 2 aromatic carbocycles. The fourth-order valence-corrected chi connectivity index (χ4v) is 3.78. The maximum atomic E-state index is 13.3. The van der Waals surface area contributed by atoms with E-state index in [0.717, 1.165) is 24.0 Å². The summed E-state index contributed by atoms with van der Waals surface area (Å²) in [5.41, 5.74) is 2.69. The molecule has 0 saturated carbocycles. The number of carbonyl (C=O) groups is 2. The number of amides is 2. The number of aryl methyl sites for hydroxylation is 1. The first-order chi connectivity index (χ1) is 14.4. The molecule has 0 radical (unpaired) electrons. The summed E-state index contributed by atoms with van der Waals surface area (Å²) in [6.07, 6.45) is 2.60. The number of nitrogens with zero attached hydrogens (tertiary/aromatic N) is 1. The van der Waals surface area contributed by atoms with Crippen LogP contribution in [0.15, 0.2) is 42.5 Å². The van der Waals surface area contributed by atoms with Crippen LogP contribution in [0.5, 0.6) is 0 Å². The van der Waals surface area contributed by atoms with Crippen molar-refractivity contribution >= 4 is 35.0 Å². The molecule has 1 N–H and O–H groups in total. The minimum absolute atomic E-state index is 0.132. The summed E-state index contributed by atoms with van der Waals surface area (Å²) in [7, 11) is 0. The van der Waals surface area contributed by atoms with Crippen molar-refractivity contribution in [2.45, 2.75) is 59.0 Å². The van der Waals surface area contributed by atoms with E-state index in [-0.39, 0.29) is 24.8 Å². The fraction of sp³-hybridized carbons (Fsp3) is 0.417. The van der Waals surface area contributed by atoms with E-state index in [1.807, 2.05) is 38.1 Å². The summed E-state index contributed by atoms with van der Waals surface area (Å²) >= 11 is 12.7. The lowest BCUT2D eigenvalue weighted by Crippen LogP contribution is -2.49. The summed E-state index contributed by atoms with van der Waals surface area (Å²) in [5.74, 6) is -0.279. The molecule has 0 aromatic heterocycles. The Morgan fingerprint density at radius 3 is 2.23 bits per heavy atom. The van der Waals surface area contributed by atoms with Crippen LogP contribution in [-0.4, -0.2) is 29.3 Å². The Hall–Kier alpha value is -2.04. The molecule has 2 amide bonds. The molecule has 0 aliphatic carbocycles. The van der Waals surface area contributed by atoms with Crippen LogP contribution in [0.25, 0.3) is 0 Å². The van der Waals surface area contributed by atoms with Gasteiger partial charge in [0, 0.05) is 28.7 Å². The molecule has 0 aliphatic heterocycles. The molecule has 4 nitrogen and oxygen atoms in total. The van der Waals surface area contributed by atoms with Crippen LogP contribution in [-0.2, 0) is 22.6 Å². The van der Waals surface area contributed by atoms with Gasteiger partial charge in [-0.2, -0.15) is 0 Å². The zero-order chi connectivity index (χ0) is 22.1. The Kier molecular flexibility index (Phi) is 9.67. The van der Waals surface area contributed by atoms with Gasteiger partial charge < -0.3 is 10.2 Å². The van der Waals surface area contributed by atoms with E-state index in [1.54, 1.807) is 23.1 Å². The molecule has 2 rings (SSSR count). The molecular weight excluding hydrogens is 419 g/mol. The van der Waals surface area contributed by atoms with Crippen LogP contribution in [0.3, 0.4) is 0 Å². The molecule has 2 aromatic rings. The van der Waals surface area contributed by atoms with E-state index in [0.29, 0.717) is 28.6 Å². The van der Waals surface area contributed by atoms with Gasteiger partial charge in [-0.3, -0.25) is 9.59 Å². The van der Waals surface area contributed by atoms with Crippen molar-refractivity contribution in [3.8, 4) is 0 Å². The van der Waals surface area contributed by atoms with Crippen LogP contribution >= 0.6 is 23.2 Å². The summed E-state index contributed by atoms with van der Waals surface area (Å²) < 4.78 is 0. The highest BCUT2D eigenvalue weighted by molar-refractivity contribution is 6.36. The average molecular weight is 449 g/mol. The predicted octanol–water partition coefficient (Wildman–Crippen LogP) is 5.57. The smallest absolute Gasteiger partial charge is 0.242 e. The quantitative estimate of drug-likeness (QED) is 0.483. The van der Waals surface area contributed by atoms with Crippen molar-refractivity contribution in [3.63, 3.8) is 0 Å². The number of nitrogens with one attached hydrogen (secondary N) is 1. The lowest BCUT2D eigenvalue weighted by atomic mass is 10.1. The molecule has 0 spiro atoms. The number of hydrogen-bond donors (Lipinski definition) is 1. The number of halogens is 2. The highest BCUT2D eigenvalue weighted by atomic mass is 35.5. The second-order valence-electron chi connectivity index (χ2n) is 7.45. The molecule has 162 valence electrons. The van der Waals surface area contributed by atoms with Crippen molar-refractivity contribution in [2.24, 2.45) is 0 Å². The molecule has 0 aliphatic rings.